The van der Waals surface area contributed by atoms with E-state index >= 15 is 0 Å². The number of hydrogen-bond donors (Lipinski definition) is 2. The third-order valence-corrected chi connectivity index (χ3v) is 3.24. The topological polar surface area (TPSA) is 43.7 Å². The van der Waals surface area contributed by atoms with Gasteiger partial charge in [-0.1, -0.05) is 6.42 Å². The fourth-order valence-electron chi connectivity index (χ4n) is 2.21. The van der Waals surface area contributed by atoms with Gasteiger partial charge >= 0.3 is 0 Å². The number of hydrogen-bond acceptors (Lipinski definition) is 3. The van der Waals surface area contributed by atoms with Crippen LogP contribution >= 0.6 is 0 Å². The number of likely N-dealkylation sites (tertiary alicyclic amines) is 1. The summed E-state index contributed by atoms with van der Waals surface area (Å²) in [6, 6.07) is 3.31. The first-order valence-electron chi connectivity index (χ1n) is 5.90. The molecule has 1 fully saturated rings. The molecule has 0 unspecified atom stereocenters. The SMILES string of the molecule is Cc1cc(O)c(CN2CCCCC2)cc1O. The van der Waals surface area contributed by atoms with Gasteiger partial charge in [0.05, 0.1) is 0 Å². The standard InChI is InChI=1S/C13H19NO2/c1-10-7-13(16)11(8-12(10)15)9-14-5-3-2-4-6-14/h7-8,15-16H,2-6,9H2,1H3. The second kappa shape index (κ2) is 4.74. The Bertz CT molecular complexity index is 370. The molecule has 16 heavy (non-hydrogen) atoms. The number of rotatable bonds is 2. The highest BCUT2D eigenvalue weighted by atomic mass is 16.3. The number of piperidine rings is 1. The van der Waals surface area contributed by atoms with Gasteiger partial charge in [-0.25, -0.2) is 0 Å². The van der Waals surface area contributed by atoms with Crippen LogP contribution < -0.4 is 0 Å². The molecule has 2 N–H and O–H groups in total. The molecule has 3 heteroatoms. The summed E-state index contributed by atoms with van der Waals surface area (Å²) in [5.74, 6) is 0.561. The molecule has 2 rings (SSSR count). The van der Waals surface area contributed by atoms with Crippen LogP contribution in [-0.2, 0) is 6.54 Å². The van der Waals surface area contributed by atoms with Gasteiger partial charge in [0.1, 0.15) is 11.5 Å². The molecule has 1 aromatic rings. The monoisotopic (exact) mass is 221 g/mol. The number of phenolic OH excluding ortho intramolecular Hbond substituents is 2. The van der Waals surface area contributed by atoms with E-state index in [4.69, 9.17) is 0 Å². The van der Waals surface area contributed by atoms with Crippen LogP contribution in [0.5, 0.6) is 11.5 Å². The molecular weight excluding hydrogens is 202 g/mol. The van der Waals surface area contributed by atoms with Crippen molar-refractivity contribution in [3.63, 3.8) is 0 Å². The Kier molecular flexibility index (Phi) is 3.34. The van der Waals surface area contributed by atoms with Gasteiger partial charge in [0.15, 0.2) is 0 Å². The normalized spacial score (nSPS) is 17.6. The summed E-state index contributed by atoms with van der Waals surface area (Å²) in [6.45, 7) is 4.71. The Morgan fingerprint density at radius 3 is 2.44 bits per heavy atom. The lowest BCUT2D eigenvalue weighted by molar-refractivity contribution is 0.218. The second-order valence-corrected chi connectivity index (χ2v) is 4.60. The van der Waals surface area contributed by atoms with Gasteiger partial charge in [-0.05, 0) is 50.6 Å². The van der Waals surface area contributed by atoms with E-state index in [1.807, 2.05) is 0 Å². The van der Waals surface area contributed by atoms with Crippen molar-refractivity contribution in [3.8, 4) is 11.5 Å². The molecule has 0 saturated carbocycles. The summed E-state index contributed by atoms with van der Waals surface area (Å²) in [5, 5.41) is 19.4. The molecule has 1 aromatic carbocycles. The molecule has 0 aliphatic carbocycles. The van der Waals surface area contributed by atoms with Crippen molar-refractivity contribution >= 4 is 0 Å². The average Bonchev–Trinajstić information content (AvgIpc) is 2.27. The zero-order valence-corrected chi connectivity index (χ0v) is 9.74. The van der Waals surface area contributed by atoms with Crippen LogP contribution in [0.4, 0.5) is 0 Å². The van der Waals surface area contributed by atoms with E-state index < -0.39 is 0 Å². The fourth-order valence-corrected chi connectivity index (χ4v) is 2.21. The number of benzene rings is 1. The summed E-state index contributed by atoms with van der Waals surface area (Å²) in [7, 11) is 0. The smallest absolute Gasteiger partial charge is 0.120 e. The highest BCUT2D eigenvalue weighted by Gasteiger charge is 2.13. The van der Waals surface area contributed by atoms with Crippen LogP contribution in [0.1, 0.15) is 30.4 Å². The predicted octanol–water partition coefficient (Wildman–Crippen LogP) is 2.39. The molecule has 1 aliphatic rings. The van der Waals surface area contributed by atoms with Gasteiger partial charge in [0.25, 0.3) is 0 Å². The molecule has 0 bridgehead atoms. The van der Waals surface area contributed by atoms with Gasteiger partial charge in [0, 0.05) is 12.1 Å². The minimum absolute atomic E-state index is 0.268. The average molecular weight is 221 g/mol. The summed E-state index contributed by atoms with van der Waals surface area (Å²) in [4.78, 5) is 2.33. The summed E-state index contributed by atoms with van der Waals surface area (Å²) >= 11 is 0. The quantitative estimate of drug-likeness (QED) is 0.754. The Balaban J connectivity index is 2.11. The van der Waals surface area contributed by atoms with E-state index in [-0.39, 0.29) is 5.75 Å². The van der Waals surface area contributed by atoms with Gasteiger partial charge in [-0.2, -0.15) is 0 Å². The van der Waals surface area contributed by atoms with Crippen molar-refractivity contribution in [1.29, 1.82) is 0 Å². The number of phenols is 2. The predicted molar refractivity (Wildman–Crippen MR) is 63.6 cm³/mol. The molecule has 1 aliphatic heterocycles. The van der Waals surface area contributed by atoms with Crippen molar-refractivity contribution < 1.29 is 10.2 Å². The second-order valence-electron chi connectivity index (χ2n) is 4.60. The largest absolute Gasteiger partial charge is 0.508 e. The molecule has 0 radical (unpaired) electrons. The first-order chi connectivity index (χ1) is 7.66. The van der Waals surface area contributed by atoms with Crippen LogP contribution in [-0.4, -0.2) is 28.2 Å². The molecular formula is C13H19NO2. The van der Waals surface area contributed by atoms with Gasteiger partial charge < -0.3 is 10.2 Å². The zero-order chi connectivity index (χ0) is 11.5. The maximum atomic E-state index is 9.81. The van der Waals surface area contributed by atoms with Crippen molar-refractivity contribution in [2.24, 2.45) is 0 Å². The first-order valence-corrected chi connectivity index (χ1v) is 5.90. The molecule has 0 amide bonds. The third kappa shape index (κ3) is 2.47. The van der Waals surface area contributed by atoms with E-state index in [0.717, 1.165) is 30.8 Å². The van der Waals surface area contributed by atoms with Gasteiger partial charge in [0.2, 0.25) is 0 Å². The number of aromatic hydroxyl groups is 2. The molecule has 88 valence electrons. The maximum absolute atomic E-state index is 9.81. The highest BCUT2D eigenvalue weighted by Crippen LogP contribution is 2.28. The van der Waals surface area contributed by atoms with Crippen LogP contribution in [0.3, 0.4) is 0 Å². The lowest BCUT2D eigenvalue weighted by Gasteiger charge is -2.26. The van der Waals surface area contributed by atoms with E-state index in [1.54, 1.807) is 19.1 Å². The van der Waals surface area contributed by atoms with Crippen LogP contribution in [0.25, 0.3) is 0 Å². The van der Waals surface area contributed by atoms with Crippen molar-refractivity contribution in [2.45, 2.75) is 32.7 Å². The third-order valence-electron chi connectivity index (χ3n) is 3.24. The zero-order valence-electron chi connectivity index (χ0n) is 9.74. The molecule has 1 heterocycles. The molecule has 0 aromatic heterocycles. The van der Waals surface area contributed by atoms with Crippen LogP contribution in [0.2, 0.25) is 0 Å². The lowest BCUT2D eigenvalue weighted by Crippen LogP contribution is -2.29. The highest BCUT2D eigenvalue weighted by molar-refractivity contribution is 5.44. The van der Waals surface area contributed by atoms with Gasteiger partial charge in [-0.15, -0.1) is 0 Å². The maximum Gasteiger partial charge on any atom is 0.120 e. The lowest BCUT2D eigenvalue weighted by atomic mass is 10.1. The van der Waals surface area contributed by atoms with Crippen molar-refractivity contribution in [3.05, 3.63) is 23.3 Å². The minimum atomic E-state index is 0.268. The molecule has 0 spiro atoms. The Morgan fingerprint density at radius 1 is 1.06 bits per heavy atom. The van der Waals surface area contributed by atoms with Crippen LogP contribution in [0, 0.1) is 6.92 Å². The molecule has 3 nitrogen and oxygen atoms in total. The van der Waals surface area contributed by atoms with Crippen molar-refractivity contribution in [2.75, 3.05) is 13.1 Å². The van der Waals surface area contributed by atoms with Gasteiger partial charge in [-0.3, -0.25) is 4.90 Å². The number of aryl methyl sites for hydroxylation is 1. The number of nitrogens with zero attached hydrogens (tertiary/aromatic N) is 1. The Morgan fingerprint density at radius 2 is 1.75 bits per heavy atom. The summed E-state index contributed by atoms with van der Waals surface area (Å²) in [5.41, 5.74) is 1.55. The first kappa shape index (κ1) is 11.3. The minimum Gasteiger partial charge on any atom is -0.508 e. The summed E-state index contributed by atoms with van der Waals surface area (Å²) in [6.07, 6.45) is 3.78. The molecule has 0 atom stereocenters. The van der Waals surface area contributed by atoms with E-state index in [0.29, 0.717) is 5.75 Å². The van der Waals surface area contributed by atoms with Crippen molar-refractivity contribution in [1.82, 2.24) is 4.90 Å². The Hall–Kier alpha value is -1.22. The fraction of sp³-hybridized carbons (Fsp3) is 0.538. The van der Waals surface area contributed by atoms with E-state index in [9.17, 15) is 10.2 Å². The Labute approximate surface area is 96.3 Å². The molecule has 1 saturated heterocycles. The summed E-state index contributed by atoms with van der Waals surface area (Å²) < 4.78 is 0. The van der Waals surface area contributed by atoms with Crippen LogP contribution in [0.15, 0.2) is 12.1 Å². The van der Waals surface area contributed by atoms with E-state index in [1.165, 1.54) is 19.3 Å². The van der Waals surface area contributed by atoms with E-state index in [2.05, 4.69) is 4.90 Å².